The van der Waals surface area contributed by atoms with Crippen LogP contribution in [0.2, 0.25) is 0 Å². The van der Waals surface area contributed by atoms with Crippen LogP contribution in [0.4, 0.5) is 9.18 Å². The smallest absolute Gasteiger partial charge is 0.408 e. The summed E-state index contributed by atoms with van der Waals surface area (Å²) in [5, 5.41) is 2.81. The minimum absolute atomic E-state index is 0.362. The summed E-state index contributed by atoms with van der Waals surface area (Å²) in [6.07, 6.45) is 0.594. The molecule has 1 N–H and O–H groups in total. The molecule has 3 aromatic rings. The van der Waals surface area contributed by atoms with Gasteiger partial charge < -0.3 is 10.1 Å². The van der Waals surface area contributed by atoms with Gasteiger partial charge >= 0.3 is 6.09 Å². The molecular weight excluding hydrogens is 319 g/mol. The molecule has 25 heavy (non-hydrogen) atoms. The van der Waals surface area contributed by atoms with Gasteiger partial charge in [0.05, 0.1) is 11.7 Å². The first kappa shape index (κ1) is 15.3. The zero-order valence-electron chi connectivity index (χ0n) is 13.2. The molecule has 1 aromatic heterocycles. The van der Waals surface area contributed by atoms with Crippen molar-refractivity contribution in [2.45, 2.75) is 12.1 Å². The fraction of sp³-hybridized carbons (Fsp3) is 0.100. The van der Waals surface area contributed by atoms with Crippen LogP contribution < -0.4 is 5.32 Å². The van der Waals surface area contributed by atoms with E-state index in [1.54, 1.807) is 18.3 Å². The van der Waals surface area contributed by atoms with Crippen LogP contribution >= 0.6 is 0 Å². The van der Waals surface area contributed by atoms with Gasteiger partial charge in [0.1, 0.15) is 5.82 Å². The molecule has 2 atom stereocenters. The van der Waals surface area contributed by atoms with E-state index in [1.807, 2.05) is 42.5 Å². The standard InChI is InChI=1S/C20H15FN2O2/c21-16-8-4-7-15(11-16)19-18(23-20(24)25-19)14-9-10-22-17(12-14)13-5-2-1-3-6-13/h1-12,18-19H,(H,23,24)/t18-,19-/m1/s1. The van der Waals surface area contributed by atoms with Crippen molar-refractivity contribution >= 4 is 6.09 Å². The highest BCUT2D eigenvalue weighted by atomic mass is 19.1. The first-order chi connectivity index (χ1) is 12.2. The monoisotopic (exact) mass is 334 g/mol. The van der Waals surface area contributed by atoms with Crippen LogP contribution in [0.3, 0.4) is 0 Å². The summed E-state index contributed by atoms with van der Waals surface area (Å²) in [7, 11) is 0. The van der Waals surface area contributed by atoms with Gasteiger partial charge in [-0.05, 0) is 35.4 Å². The SMILES string of the molecule is O=C1N[C@H](c2ccnc(-c3ccccc3)c2)[C@@H](c2cccc(F)c2)O1. The Morgan fingerprint density at radius 1 is 0.960 bits per heavy atom. The summed E-state index contributed by atoms with van der Waals surface area (Å²) in [5.41, 5.74) is 3.25. The lowest BCUT2D eigenvalue weighted by Crippen LogP contribution is -2.19. The number of cyclic esters (lactones) is 1. The lowest BCUT2D eigenvalue weighted by Gasteiger charge is -2.18. The van der Waals surface area contributed by atoms with Crippen molar-refractivity contribution in [3.63, 3.8) is 0 Å². The largest absolute Gasteiger partial charge is 0.439 e. The predicted molar refractivity (Wildman–Crippen MR) is 91.2 cm³/mol. The lowest BCUT2D eigenvalue weighted by molar-refractivity contribution is 0.132. The Balaban J connectivity index is 1.71. The van der Waals surface area contributed by atoms with E-state index in [9.17, 15) is 9.18 Å². The molecule has 5 heteroatoms. The topological polar surface area (TPSA) is 51.2 Å². The highest BCUT2D eigenvalue weighted by Gasteiger charge is 2.36. The number of rotatable bonds is 3. The van der Waals surface area contributed by atoms with Crippen LogP contribution in [0.15, 0.2) is 72.9 Å². The van der Waals surface area contributed by atoms with Crippen LogP contribution in [0.5, 0.6) is 0 Å². The molecule has 4 rings (SSSR count). The van der Waals surface area contributed by atoms with Crippen molar-refractivity contribution < 1.29 is 13.9 Å². The molecular formula is C20H15FN2O2. The Morgan fingerprint density at radius 2 is 1.80 bits per heavy atom. The quantitative estimate of drug-likeness (QED) is 0.772. The van der Waals surface area contributed by atoms with E-state index in [1.165, 1.54) is 12.1 Å². The maximum absolute atomic E-state index is 13.6. The zero-order chi connectivity index (χ0) is 17.2. The number of carbonyl (C=O) groups is 1. The highest BCUT2D eigenvalue weighted by molar-refractivity contribution is 5.71. The molecule has 0 spiro atoms. The second kappa shape index (κ2) is 6.36. The Hall–Kier alpha value is -3.21. The van der Waals surface area contributed by atoms with E-state index in [-0.39, 0.29) is 5.82 Å². The maximum atomic E-state index is 13.6. The summed E-state index contributed by atoms with van der Waals surface area (Å²) in [5.74, 6) is -0.362. The third-order valence-electron chi connectivity index (χ3n) is 4.20. The molecule has 1 fully saturated rings. The molecule has 0 bridgehead atoms. The van der Waals surface area contributed by atoms with Gasteiger partial charge in [-0.1, -0.05) is 42.5 Å². The average Bonchev–Trinajstić information content (AvgIpc) is 3.04. The van der Waals surface area contributed by atoms with Crippen molar-refractivity contribution in [3.8, 4) is 11.3 Å². The number of alkyl carbamates (subject to hydrolysis) is 1. The number of carbonyl (C=O) groups excluding carboxylic acids is 1. The molecule has 2 heterocycles. The van der Waals surface area contributed by atoms with Crippen LogP contribution in [-0.2, 0) is 4.74 Å². The Morgan fingerprint density at radius 3 is 2.60 bits per heavy atom. The van der Waals surface area contributed by atoms with Crippen molar-refractivity contribution in [2.24, 2.45) is 0 Å². The summed E-state index contributed by atoms with van der Waals surface area (Å²) in [6, 6.07) is 19.2. The minimum atomic E-state index is -0.589. The van der Waals surface area contributed by atoms with Gasteiger partial charge in [-0.25, -0.2) is 9.18 Å². The van der Waals surface area contributed by atoms with Crippen LogP contribution in [0.25, 0.3) is 11.3 Å². The zero-order valence-corrected chi connectivity index (χ0v) is 13.2. The van der Waals surface area contributed by atoms with Crippen LogP contribution in [0, 0.1) is 5.82 Å². The maximum Gasteiger partial charge on any atom is 0.408 e. The van der Waals surface area contributed by atoms with Gasteiger partial charge in [-0.15, -0.1) is 0 Å². The van der Waals surface area contributed by atoms with Gasteiger partial charge in [0.2, 0.25) is 0 Å². The number of aromatic nitrogens is 1. The van der Waals surface area contributed by atoms with Crippen molar-refractivity contribution in [1.29, 1.82) is 0 Å². The van der Waals surface area contributed by atoms with E-state index in [0.717, 1.165) is 16.8 Å². The molecule has 0 radical (unpaired) electrons. The summed E-state index contributed by atoms with van der Waals surface area (Å²) >= 11 is 0. The number of hydrogen-bond donors (Lipinski definition) is 1. The molecule has 0 saturated carbocycles. The number of nitrogens with one attached hydrogen (secondary N) is 1. The van der Waals surface area contributed by atoms with Crippen LogP contribution in [0.1, 0.15) is 23.3 Å². The Bertz CT molecular complexity index is 914. The normalized spacial score (nSPS) is 19.3. The predicted octanol–water partition coefficient (Wildman–Crippen LogP) is 4.41. The molecule has 1 amide bonds. The number of pyridine rings is 1. The van der Waals surface area contributed by atoms with E-state index >= 15 is 0 Å². The lowest BCUT2D eigenvalue weighted by atomic mass is 9.96. The average molecular weight is 334 g/mol. The molecule has 1 saturated heterocycles. The molecule has 4 nitrogen and oxygen atoms in total. The van der Waals surface area contributed by atoms with E-state index < -0.39 is 18.2 Å². The van der Waals surface area contributed by atoms with Gasteiger partial charge in [-0.3, -0.25) is 4.98 Å². The second-order valence-corrected chi connectivity index (χ2v) is 5.84. The number of hydrogen-bond acceptors (Lipinski definition) is 3. The van der Waals surface area contributed by atoms with E-state index in [4.69, 9.17) is 4.74 Å². The second-order valence-electron chi connectivity index (χ2n) is 5.84. The van der Waals surface area contributed by atoms with Crippen molar-refractivity contribution in [3.05, 3.63) is 89.9 Å². The van der Waals surface area contributed by atoms with Gasteiger partial charge in [-0.2, -0.15) is 0 Å². The third-order valence-corrected chi connectivity index (χ3v) is 4.20. The summed E-state index contributed by atoms with van der Waals surface area (Å²) in [6.45, 7) is 0. The fourth-order valence-electron chi connectivity index (χ4n) is 3.03. The van der Waals surface area contributed by atoms with Crippen molar-refractivity contribution in [2.75, 3.05) is 0 Å². The van der Waals surface area contributed by atoms with Gasteiger partial charge in [0.25, 0.3) is 0 Å². The number of nitrogens with zero attached hydrogens (tertiary/aromatic N) is 1. The fourth-order valence-corrected chi connectivity index (χ4v) is 3.03. The molecule has 1 aliphatic rings. The number of benzene rings is 2. The molecule has 2 aromatic carbocycles. The summed E-state index contributed by atoms with van der Waals surface area (Å²) < 4.78 is 18.9. The first-order valence-corrected chi connectivity index (χ1v) is 7.95. The Kier molecular flexibility index (Phi) is 3.90. The highest BCUT2D eigenvalue weighted by Crippen LogP contribution is 2.37. The third kappa shape index (κ3) is 3.08. The number of amides is 1. The van der Waals surface area contributed by atoms with Gasteiger partial charge in [0.15, 0.2) is 6.10 Å². The molecule has 1 aliphatic heterocycles. The van der Waals surface area contributed by atoms with Crippen LogP contribution in [-0.4, -0.2) is 11.1 Å². The van der Waals surface area contributed by atoms with Crippen molar-refractivity contribution in [1.82, 2.24) is 10.3 Å². The Labute approximate surface area is 144 Å². The number of halogens is 1. The summed E-state index contributed by atoms with van der Waals surface area (Å²) in [4.78, 5) is 16.2. The van der Waals surface area contributed by atoms with E-state index in [0.29, 0.717) is 5.56 Å². The number of ether oxygens (including phenoxy) is 1. The molecule has 0 unspecified atom stereocenters. The minimum Gasteiger partial charge on any atom is -0.439 e. The van der Waals surface area contributed by atoms with E-state index in [2.05, 4.69) is 10.3 Å². The van der Waals surface area contributed by atoms with Gasteiger partial charge in [0, 0.05) is 11.8 Å². The first-order valence-electron chi connectivity index (χ1n) is 7.95. The molecule has 0 aliphatic carbocycles. The molecule has 124 valence electrons.